The van der Waals surface area contributed by atoms with E-state index in [2.05, 4.69) is 12.7 Å². The van der Waals surface area contributed by atoms with Crippen LogP contribution in [0.2, 0.25) is 0 Å². The molecule has 0 spiro atoms. The first kappa shape index (κ1) is 7.78. The van der Waals surface area contributed by atoms with Gasteiger partial charge in [0.05, 0.1) is 0 Å². The van der Waals surface area contributed by atoms with Gasteiger partial charge in [-0.2, -0.15) is 0 Å². The van der Waals surface area contributed by atoms with Crippen LogP contribution in [0.1, 0.15) is 6.92 Å². The van der Waals surface area contributed by atoms with E-state index in [4.69, 9.17) is 0 Å². The molecule has 0 aromatic heterocycles. The Bertz CT molecular complexity index is 148. The molecule has 8 heavy (non-hydrogen) atoms. The van der Waals surface area contributed by atoms with E-state index < -0.39 is 0 Å². The van der Waals surface area contributed by atoms with E-state index in [1.165, 1.54) is 5.57 Å². The SMILES string of the molecule is CC1=CC=C=C[CH]1.[Cu]. The first-order valence-electron chi connectivity index (χ1n) is 2.32. The van der Waals surface area contributed by atoms with Crippen LogP contribution in [-0.4, -0.2) is 0 Å². The minimum absolute atomic E-state index is 0. The smallest absolute Gasteiger partial charge is 0.0160 e. The average Bonchev–Trinajstić information content (AvgIpc) is 1.69. The Balaban J connectivity index is 0.000000490. The molecular formula is C7H7Cu. The van der Waals surface area contributed by atoms with Gasteiger partial charge in [0.15, 0.2) is 0 Å². The molecule has 0 bridgehead atoms. The van der Waals surface area contributed by atoms with Crippen molar-refractivity contribution in [1.29, 1.82) is 0 Å². The molecule has 0 atom stereocenters. The summed E-state index contributed by atoms with van der Waals surface area (Å²) in [7, 11) is 0. The summed E-state index contributed by atoms with van der Waals surface area (Å²) in [4.78, 5) is 0. The number of hydrogen-bond donors (Lipinski definition) is 0. The van der Waals surface area contributed by atoms with Gasteiger partial charge >= 0.3 is 0 Å². The molecule has 0 nitrogen and oxygen atoms in total. The van der Waals surface area contributed by atoms with Crippen molar-refractivity contribution in [3.63, 3.8) is 0 Å². The van der Waals surface area contributed by atoms with Gasteiger partial charge in [-0.3, -0.25) is 0 Å². The van der Waals surface area contributed by atoms with Gasteiger partial charge in [0.2, 0.25) is 0 Å². The third-order valence-electron chi connectivity index (χ3n) is 0.885. The van der Waals surface area contributed by atoms with Gasteiger partial charge < -0.3 is 0 Å². The van der Waals surface area contributed by atoms with E-state index in [-0.39, 0.29) is 17.1 Å². The summed E-state index contributed by atoms with van der Waals surface area (Å²) in [6.45, 7) is 2.06. The second kappa shape index (κ2) is 3.74. The number of hydrogen-bond acceptors (Lipinski definition) is 0. The Morgan fingerprint density at radius 3 is 2.38 bits per heavy atom. The zero-order valence-corrected chi connectivity index (χ0v) is 5.55. The zero-order valence-electron chi connectivity index (χ0n) is 4.61. The Morgan fingerprint density at radius 1 is 1.38 bits per heavy atom. The first-order valence-corrected chi connectivity index (χ1v) is 2.32. The van der Waals surface area contributed by atoms with Crippen LogP contribution in [0.5, 0.6) is 0 Å². The van der Waals surface area contributed by atoms with Crippen LogP contribution < -0.4 is 0 Å². The molecule has 1 aliphatic carbocycles. The van der Waals surface area contributed by atoms with Crippen LogP contribution in [0.3, 0.4) is 0 Å². The molecule has 0 aromatic rings. The largest absolute Gasteiger partial charge is 0.125 e. The van der Waals surface area contributed by atoms with Crippen LogP contribution in [0.4, 0.5) is 0 Å². The summed E-state index contributed by atoms with van der Waals surface area (Å²) in [5.74, 6) is 0. The topological polar surface area (TPSA) is 0 Å². The van der Waals surface area contributed by atoms with E-state index in [0.717, 1.165) is 0 Å². The van der Waals surface area contributed by atoms with Crippen molar-refractivity contribution in [1.82, 2.24) is 0 Å². The monoisotopic (exact) mass is 154 g/mol. The molecule has 46 valence electrons. The molecule has 1 heteroatoms. The minimum atomic E-state index is 0. The van der Waals surface area contributed by atoms with Gasteiger partial charge in [0.1, 0.15) is 0 Å². The van der Waals surface area contributed by atoms with E-state index in [0.29, 0.717) is 0 Å². The third-order valence-corrected chi connectivity index (χ3v) is 0.885. The predicted molar refractivity (Wildman–Crippen MR) is 30.7 cm³/mol. The van der Waals surface area contributed by atoms with Gasteiger partial charge in [-0.15, -0.1) is 5.73 Å². The molecule has 0 aromatic carbocycles. The Labute approximate surface area is 60.4 Å². The minimum Gasteiger partial charge on any atom is -0.125 e. The molecule has 1 rings (SSSR count). The summed E-state index contributed by atoms with van der Waals surface area (Å²) in [6.07, 6.45) is 7.88. The van der Waals surface area contributed by atoms with Crippen molar-refractivity contribution in [2.24, 2.45) is 0 Å². The molecule has 0 amide bonds. The van der Waals surface area contributed by atoms with Crippen molar-refractivity contribution in [3.05, 3.63) is 36.0 Å². The summed E-state index contributed by atoms with van der Waals surface area (Å²) in [6, 6.07) is 0. The molecule has 0 unspecified atom stereocenters. The molecule has 0 saturated heterocycles. The van der Waals surface area contributed by atoms with Gasteiger partial charge in [-0.05, 0) is 19.1 Å². The van der Waals surface area contributed by atoms with Gasteiger partial charge in [0, 0.05) is 23.5 Å². The predicted octanol–water partition coefficient (Wildman–Crippen LogP) is 1.86. The fourth-order valence-corrected chi connectivity index (χ4v) is 0.470. The van der Waals surface area contributed by atoms with Crippen molar-refractivity contribution in [2.75, 3.05) is 0 Å². The van der Waals surface area contributed by atoms with Crippen LogP contribution >= 0.6 is 0 Å². The van der Waals surface area contributed by atoms with E-state index in [9.17, 15) is 0 Å². The summed E-state index contributed by atoms with van der Waals surface area (Å²) < 4.78 is 0. The molecule has 0 fully saturated rings. The van der Waals surface area contributed by atoms with Gasteiger partial charge in [0.25, 0.3) is 0 Å². The summed E-state index contributed by atoms with van der Waals surface area (Å²) in [5, 5.41) is 0. The van der Waals surface area contributed by atoms with E-state index in [1.807, 2.05) is 24.6 Å². The zero-order chi connectivity index (χ0) is 5.11. The molecule has 0 aliphatic heterocycles. The summed E-state index contributed by atoms with van der Waals surface area (Å²) in [5.41, 5.74) is 4.22. The second-order valence-corrected chi connectivity index (χ2v) is 1.58. The van der Waals surface area contributed by atoms with Crippen molar-refractivity contribution < 1.29 is 17.1 Å². The average molecular weight is 155 g/mol. The maximum Gasteiger partial charge on any atom is 0.0160 e. The van der Waals surface area contributed by atoms with Crippen molar-refractivity contribution >= 4 is 0 Å². The number of rotatable bonds is 0. The first-order chi connectivity index (χ1) is 3.39. The Hall–Kier alpha value is -0.221. The van der Waals surface area contributed by atoms with Crippen LogP contribution in [0.25, 0.3) is 0 Å². The molecule has 2 radical (unpaired) electrons. The molecule has 0 heterocycles. The van der Waals surface area contributed by atoms with Crippen molar-refractivity contribution in [2.45, 2.75) is 6.92 Å². The quantitative estimate of drug-likeness (QED) is 0.369. The van der Waals surface area contributed by atoms with E-state index >= 15 is 0 Å². The fraction of sp³-hybridized carbons (Fsp3) is 0.143. The number of allylic oxidation sites excluding steroid dienone is 3. The van der Waals surface area contributed by atoms with Crippen LogP contribution in [0, 0.1) is 6.42 Å². The van der Waals surface area contributed by atoms with Gasteiger partial charge in [-0.1, -0.05) is 11.6 Å². The molecule has 0 saturated carbocycles. The normalized spacial score (nSPS) is 14.9. The Morgan fingerprint density at radius 2 is 2.12 bits per heavy atom. The molecule has 0 N–H and O–H groups in total. The van der Waals surface area contributed by atoms with Crippen molar-refractivity contribution in [3.8, 4) is 0 Å². The summed E-state index contributed by atoms with van der Waals surface area (Å²) >= 11 is 0. The maximum atomic E-state index is 2.93. The fourth-order valence-electron chi connectivity index (χ4n) is 0.470. The standard InChI is InChI=1S/C7H7.Cu/c1-7-5-3-2-4-6-7;/h3-6H,1H3;. The Kier molecular flexibility index (Phi) is 3.64. The van der Waals surface area contributed by atoms with E-state index in [1.54, 1.807) is 0 Å². The molecular weight excluding hydrogens is 148 g/mol. The van der Waals surface area contributed by atoms with Crippen LogP contribution in [-0.2, 0) is 17.1 Å². The third kappa shape index (κ3) is 2.18. The van der Waals surface area contributed by atoms with Crippen LogP contribution in [0.15, 0.2) is 29.5 Å². The van der Waals surface area contributed by atoms with Gasteiger partial charge in [-0.25, -0.2) is 0 Å². The maximum absolute atomic E-state index is 2.93. The molecule has 1 aliphatic rings. The second-order valence-electron chi connectivity index (χ2n) is 1.58.